The van der Waals surface area contributed by atoms with Crippen LogP contribution in [0.4, 0.5) is 13.2 Å². The molecule has 0 aliphatic rings. The van der Waals surface area contributed by atoms with E-state index in [1.54, 1.807) is 27.3 Å². The lowest BCUT2D eigenvalue weighted by Gasteiger charge is -2.19. The molecule has 2 N–H and O–H groups in total. The molecule has 10 heteroatoms. The van der Waals surface area contributed by atoms with Crippen LogP contribution >= 0.6 is 24.0 Å². The van der Waals surface area contributed by atoms with E-state index in [4.69, 9.17) is 9.47 Å². The van der Waals surface area contributed by atoms with Crippen LogP contribution in [0.3, 0.4) is 0 Å². The van der Waals surface area contributed by atoms with Gasteiger partial charge in [0.1, 0.15) is 11.5 Å². The molecule has 27 heavy (non-hydrogen) atoms. The summed E-state index contributed by atoms with van der Waals surface area (Å²) in [7, 11) is 6.26. The summed E-state index contributed by atoms with van der Waals surface area (Å²) in [6.07, 6.45) is -3.60. The first kappa shape index (κ1) is 25.6. The molecule has 0 radical (unpaired) electrons. The minimum atomic E-state index is -4.17. The van der Waals surface area contributed by atoms with Gasteiger partial charge in [0.2, 0.25) is 0 Å². The predicted octanol–water partition coefficient (Wildman–Crippen LogP) is 2.87. The second-order valence-corrected chi connectivity index (χ2v) is 5.74. The average molecular weight is 504 g/mol. The molecule has 0 heterocycles. The molecule has 1 aromatic carbocycles. The largest absolute Gasteiger partial charge is 0.497 e. The van der Waals surface area contributed by atoms with Crippen molar-refractivity contribution in [3.05, 3.63) is 23.8 Å². The highest BCUT2D eigenvalue weighted by molar-refractivity contribution is 14.0. The van der Waals surface area contributed by atoms with Gasteiger partial charge in [0.05, 0.1) is 20.8 Å². The fourth-order valence-corrected chi connectivity index (χ4v) is 2.34. The maximum Gasteiger partial charge on any atom is 0.401 e. The number of nitrogens with one attached hydrogen (secondary N) is 2. The average Bonchev–Trinajstić information content (AvgIpc) is 2.59. The van der Waals surface area contributed by atoms with E-state index in [1.807, 2.05) is 12.1 Å². The third-order valence-electron chi connectivity index (χ3n) is 3.62. The topological polar surface area (TPSA) is 58.1 Å². The standard InChI is InChI=1S/C17H27F3N4O2.HI/c1-21-16(22-8-5-9-24(2)12-17(18,19)20)23-11-13-6-7-14(25-3)10-15(13)26-4;/h6-7,10H,5,8-9,11-12H2,1-4H3,(H2,21,22,23);1H. The van der Waals surface area contributed by atoms with E-state index in [0.29, 0.717) is 43.5 Å². The van der Waals surface area contributed by atoms with Crippen LogP contribution in [-0.2, 0) is 6.54 Å². The van der Waals surface area contributed by atoms with E-state index in [1.165, 1.54) is 11.9 Å². The van der Waals surface area contributed by atoms with Crippen LogP contribution in [0.1, 0.15) is 12.0 Å². The van der Waals surface area contributed by atoms with Crippen molar-refractivity contribution in [1.29, 1.82) is 0 Å². The van der Waals surface area contributed by atoms with Gasteiger partial charge >= 0.3 is 6.18 Å². The number of guanidine groups is 1. The van der Waals surface area contributed by atoms with Crippen LogP contribution in [0.25, 0.3) is 0 Å². The number of aliphatic imine (C=N–C) groups is 1. The highest BCUT2D eigenvalue weighted by atomic mass is 127. The van der Waals surface area contributed by atoms with Gasteiger partial charge in [-0.25, -0.2) is 0 Å². The number of hydrogen-bond acceptors (Lipinski definition) is 4. The van der Waals surface area contributed by atoms with Crippen molar-refractivity contribution in [1.82, 2.24) is 15.5 Å². The zero-order valence-corrected chi connectivity index (χ0v) is 18.4. The molecule has 0 atom stereocenters. The first-order valence-corrected chi connectivity index (χ1v) is 8.19. The maximum absolute atomic E-state index is 12.3. The molecule has 0 aromatic heterocycles. The van der Waals surface area contributed by atoms with Crippen molar-refractivity contribution in [3.8, 4) is 11.5 Å². The molecular weight excluding hydrogens is 476 g/mol. The number of hydrogen-bond donors (Lipinski definition) is 2. The van der Waals surface area contributed by atoms with Gasteiger partial charge in [-0.3, -0.25) is 9.89 Å². The van der Waals surface area contributed by atoms with Gasteiger partial charge < -0.3 is 20.1 Å². The van der Waals surface area contributed by atoms with Gasteiger partial charge in [0.25, 0.3) is 0 Å². The minimum Gasteiger partial charge on any atom is -0.497 e. The molecule has 0 aliphatic carbocycles. The molecule has 1 rings (SSSR count). The first-order valence-electron chi connectivity index (χ1n) is 8.19. The van der Waals surface area contributed by atoms with E-state index in [0.717, 1.165) is 5.56 Å². The monoisotopic (exact) mass is 504 g/mol. The smallest absolute Gasteiger partial charge is 0.401 e. The fraction of sp³-hybridized carbons (Fsp3) is 0.588. The predicted molar refractivity (Wildman–Crippen MR) is 111 cm³/mol. The normalized spacial score (nSPS) is 11.8. The van der Waals surface area contributed by atoms with Crippen molar-refractivity contribution >= 4 is 29.9 Å². The quantitative estimate of drug-likeness (QED) is 0.235. The summed E-state index contributed by atoms with van der Waals surface area (Å²) >= 11 is 0. The van der Waals surface area contributed by atoms with Crippen LogP contribution in [0, 0.1) is 0 Å². The molecule has 0 unspecified atom stereocenters. The van der Waals surface area contributed by atoms with Crippen molar-refractivity contribution in [2.45, 2.75) is 19.1 Å². The summed E-state index contributed by atoms with van der Waals surface area (Å²) in [6, 6.07) is 5.53. The maximum atomic E-state index is 12.3. The second-order valence-electron chi connectivity index (χ2n) is 5.74. The molecule has 6 nitrogen and oxygen atoms in total. The highest BCUT2D eigenvalue weighted by Gasteiger charge is 2.28. The van der Waals surface area contributed by atoms with Crippen LogP contribution in [0.2, 0.25) is 0 Å². The van der Waals surface area contributed by atoms with E-state index < -0.39 is 12.7 Å². The highest BCUT2D eigenvalue weighted by Crippen LogP contribution is 2.24. The lowest BCUT2D eigenvalue weighted by Crippen LogP contribution is -2.39. The summed E-state index contributed by atoms with van der Waals surface area (Å²) in [4.78, 5) is 5.35. The molecule has 0 bridgehead atoms. The molecule has 1 aromatic rings. The molecule has 0 amide bonds. The Morgan fingerprint density at radius 1 is 1.19 bits per heavy atom. The van der Waals surface area contributed by atoms with Crippen LogP contribution < -0.4 is 20.1 Å². The Bertz CT molecular complexity index is 586. The lowest BCUT2D eigenvalue weighted by molar-refractivity contribution is -0.143. The number of ether oxygens (including phenoxy) is 2. The Labute approximate surface area is 175 Å². The number of nitrogens with zero attached hydrogens (tertiary/aromatic N) is 2. The third-order valence-corrected chi connectivity index (χ3v) is 3.62. The molecule has 0 spiro atoms. The van der Waals surface area contributed by atoms with E-state index in [2.05, 4.69) is 15.6 Å². The summed E-state index contributed by atoms with van der Waals surface area (Å²) in [5, 5.41) is 6.23. The van der Waals surface area contributed by atoms with Crippen LogP contribution in [0.5, 0.6) is 11.5 Å². The Hall–Kier alpha value is -1.43. The number of methoxy groups -OCH3 is 2. The summed E-state index contributed by atoms with van der Waals surface area (Å²) < 4.78 is 47.3. The molecular formula is C17H28F3IN4O2. The number of rotatable bonds is 9. The molecule has 156 valence electrons. The summed E-state index contributed by atoms with van der Waals surface area (Å²) in [6.45, 7) is 0.440. The Morgan fingerprint density at radius 2 is 1.89 bits per heavy atom. The van der Waals surface area contributed by atoms with Gasteiger partial charge in [-0.05, 0) is 32.1 Å². The fourth-order valence-electron chi connectivity index (χ4n) is 2.34. The SMILES string of the molecule is CN=C(NCCCN(C)CC(F)(F)F)NCc1ccc(OC)cc1OC.I. The van der Waals surface area contributed by atoms with E-state index >= 15 is 0 Å². The van der Waals surface area contributed by atoms with Crippen molar-refractivity contribution < 1.29 is 22.6 Å². The first-order chi connectivity index (χ1) is 12.3. The second kappa shape index (κ2) is 12.9. The number of alkyl halides is 3. The van der Waals surface area contributed by atoms with E-state index in [-0.39, 0.29) is 24.0 Å². The summed E-state index contributed by atoms with van der Waals surface area (Å²) in [5.74, 6) is 1.97. The summed E-state index contributed by atoms with van der Waals surface area (Å²) in [5.41, 5.74) is 0.932. The Morgan fingerprint density at radius 3 is 2.44 bits per heavy atom. The number of halogens is 4. The molecule has 0 fully saturated rings. The molecule has 0 saturated carbocycles. The van der Waals surface area contributed by atoms with Gasteiger partial charge in [-0.2, -0.15) is 13.2 Å². The Kier molecular flexibility index (Phi) is 12.2. The Balaban J connectivity index is 0.00000676. The zero-order chi connectivity index (χ0) is 19.6. The van der Waals surface area contributed by atoms with Gasteiger partial charge in [-0.15, -0.1) is 24.0 Å². The van der Waals surface area contributed by atoms with Gasteiger partial charge in [0.15, 0.2) is 5.96 Å². The lowest BCUT2D eigenvalue weighted by atomic mass is 10.2. The van der Waals surface area contributed by atoms with Crippen molar-refractivity contribution in [2.24, 2.45) is 4.99 Å². The molecule has 0 aliphatic heterocycles. The van der Waals surface area contributed by atoms with Crippen LogP contribution in [0.15, 0.2) is 23.2 Å². The van der Waals surface area contributed by atoms with Crippen LogP contribution in [-0.4, -0.2) is 65.0 Å². The third kappa shape index (κ3) is 10.5. The van der Waals surface area contributed by atoms with E-state index in [9.17, 15) is 13.2 Å². The van der Waals surface area contributed by atoms with Crippen molar-refractivity contribution in [3.63, 3.8) is 0 Å². The minimum absolute atomic E-state index is 0. The van der Waals surface area contributed by atoms with Crippen molar-refractivity contribution in [2.75, 3.05) is 47.9 Å². The van der Waals surface area contributed by atoms with Gasteiger partial charge in [0, 0.05) is 31.8 Å². The molecule has 0 saturated heterocycles. The van der Waals surface area contributed by atoms with Gasteiger partial charge in [-0.1, -0.05) is 0 Å². The zero-order valence-electron chi connectivity index (χ0n) is 16.0. The number of benzene rings is 1.